The number of carbonyl (C=O) groups excluding carboxylic acids is 2. The van der Waals surface area contributed by atoms with Gasteiger partial charge in [-0.25, -0.2) is 0 Å². The number of carbonyl (C=O) groups is 2. The zero-order chi connectivity index (χ0) is 13.3. The molecule has 1 aromatic carbocycles. The Morgan fingerprint density at radius 1 is 1.39 bits per heavy atom. The quantitative estimate of drug-likeness (QED) is 0.346. The summed E-state index contributed by atoms with van der Waals surface area (Å²) in [5.41, 5.74) is 0.609. The molecule has 0 unspecified atom stereocenters. The molecule has 1 aromatic rings. The Balaban J connectivity index is 2.62. The Kier molecular flexibility index (Phi) is 3.10. The molecule has 1 aliphatic carbocycles. The number of hydrogen-bond acceptors (Lipinski definition) is 5. The fraction of sp³-hybridized carbons (Fsp3) is 0.333. The first-order valence-corrected chi connectivity index (χ1v) is 5.52. The van der Waals surface area contributed by atoms with Crippen LogP contribution in [0.1, 0.15) is 35.7 Å². The lowest BCUT2D eigenvalue weighted by Crippen LogP contribution is -2.15. The number of Topliss-reactive ketones (excluding diaryl/α,β-unsaturated/α-hetero) is 1. The summed E-state index contributed by atoms with van der Waals surface area (Å²) in [6, 6.07) is 2.64. The lowest BCUT2D eigenvalue weighted by Gasteiger charge is -2.17. The second-order valence-electron chi connectivity index (χ2n) is 4.07. The first kappa shape index (κ1) is 12.2. The third kappa shape index (κ3) is 2.09. The predicted octanol–water partition coefficient (Wildman–Crippen LogP) is 2.04. The Hall–Kier alpha value is -2.24. The van der Waals surface area contributed by atoms with Gasteiger partial charge in [-0.05, 0) is 18.9 Å². The molecule has 1 aliphatic rings. The van der Waals surface area contributed by atoms with Crippen molar-refractivity contribution in [1.82, 2.24) is 0 Å². The molecule has 6 heteroatoms. The van der Waals surface area contributed by atoms with Gasteiger partial charge in [0.05, 0.1) is 4.92 Å². The molecule has 0 N–H and O–H groups in total. The summed E-state index contributed by atoms with van der Waals surface area (Å²) in [6.45, 7) is 1.17. The molecule has 0 aromatic heterocycles. The van der Waals surface area contributed by atoms with Gasteiger partial charge in [-0.15, -0.1) is 0 Å². The summed E-state index contributed by atoms with van der Waals surface area (Å²) in [4.78, 5) is 33.0. The number of esters is 1. The molecule has 0 aliphatic heterocycles. The van der Waals surface area contributed by atoms with Crippen LogP contribution in [0.3, 0.4) is 0 Å². The van der Waals surface area contributed by atoms with Crippen molar-refractivity contribution >= 4 is 17.4 Å². The van der Waals surface area contributed by atoms with Crippen LogP contribution < -0.4 is 4.74 Å². The Labute approximate surface area is 103 Å². The summed E-state index contributed by atoms with van der Waals surface area (Å²) in [7, 11) is 0. The number of ether oxygens (including phenoxy) is 1. The third-order valence-electron chi connectivity index (χ3n) is 2.81. The highest BCUT2D eigenvalue weighted by atomic mass is 16.6. The van der Waals surface area contributed by atoms with Gasteiger partial charge in [0.25, 0.3) is 0 Å². The second kappa shape index (κ2) is 4.56. The maximum Gasteiger partial charge on any atom is 0.312 e. The highest BCUT2D eigenvalue weighted by Gasteiger charge is 2.28. The molecule has 94 valence electrons. The SMILES string of the molecule is CC(=O)Oc1c([N+](=O)[O-])ccc2c1CCCC2=O. The van der Waals surface area contributed by atoms with E-state index in [2.05, 4.69) is 0 Å². The van der Waals surface area contributed by atoms with Crippen molar-refractivity contribution in [3.8, 4) is 5.75 Å². The number of nitro groups is 1. The predicted molar refractivity (Wildman–Crippen MR) is 61.7 cm³/mol. The molecule has 0 saturated carbocycles. The van der Waals surface area contributed by atoms with Crippen molar-refractivity contribution < 1.29 is 19.2 Å². The van der Waals surface area contributed by atoms with Gasteiger partial charge in [0.15, 0.2) is 5.78 Å². The van der Waals surface area contributed by atoms with Crippen molar-refractivity contribution in [2.24, 2.45) is 0 Å². The summed E-state index contributed by atoms with van der Waals surface area (Å²) >= 11 is 0. The van der Waals surface area contributed by atoms with Crippen LogP contribution in [-0.2, 0) is 11.2 Å². The molecule has 0 amide bonds. The van der Waals surface area contributed by atoms with Crippen molar-refractivity contribution in [2.45, 2.75) is 26.2 Å². The summed E-state index contributed by atoms with van der Waals surface area (Å²) < 4.78 is 4.92. The molecule has 0 spiro atoms. The number of hydrogen-bond donors (Lipinski definition) is 0. The highest BCUT2D eigenvalue weighted by Crippen LogP contribution is 2.37. The maximum absolute atomic E-state index is 11.7. The molecule has 0 fully saturated rings. The first-order chi connectivity index (χ1) is 8.50. The minimum Gasteiger partial charge on any atom is -0.419 e. The summed E-state index contributed by atoms with van der Waals surface area (Å²) in [5.74, 6) is -0.790. The van der Waals surface area contributed by atoms with Gasteiger partial charge in [0.1, 0.15) is 0 Å². The summed E-state index contributed by atoms with van der Waals surface area (Å²) in [5, 5.41) is 10.9. The largest absolute Gasteiger partial charge is 0.419 e. The standard InChI is InChI=1S/C12H11NO5/c1-7(14)18-12-9-3-2-4-11(15)8(9)5-6-10(12)13(16)17/h5-6H,2-4H2,1H3. The van der Waals surface area contributed by atoms with E-state index in [1.165, 1.54) is 19.1 Å². The van der Waals surface area contributed by atoms with Crippen molar-refractivity contribution in [1.29, 1.82) is 0 Å². The number of nitro benzene ring substituents is 1. The molecule has 0 saturated heterocycles. The van der Waals surface area contributed by atoms with Crippen LogP contribution in [0.4, 0.5) is 5.69 Å². The van der Waals surface area contributed by atoms with Crippen LogP contribution in [-0.4, -0.2) is 16.7 Å². The zero-order valence-corrected chi connectivity index (χ0v) is 9.76. The van der Waals surface area contributed by atoms with Gasteiger partial charge in [-0.1, -0.05) is 0 Å². The Bertz CT molecular complexity index is 550. The van der Waals surface area contributed by atoms with E-state index in [1.807, 2.05) is 0 Å². The van der Waals surface area contributed by atoms with E-state index in [9.17, 15) is 19.7 Å². The van der Waals surface area contributed by atoms with Gasteiger partial charge < -0.3 is 4.74 Å². The molecule has 0 heterocycles. The fourth-order valence-electron chi connectivity index (χ4n) is 2.09. The molecular formula is C12H11NO5. The van der Waals surface area contributed by atoms with Crippen LogP contribution in [0.25, 0.3) is 0 Å². The number of fused-ring (bicyclic) bond motifs is 1. The zero-order valence-electron chi connectivity index (χ0n) is 9.76. The smallest absolute Gasteiger partial charge is 0.312 e. The first-order valence-electron chi connectivity index (χ1n) is 5.52. The van der Waals surface area contributed by atoms with E-state index in [1.54, 1.807) is 0 Å². The summed E-state index contributed by atoms with van der Waals surface area (Å²) in [6.07, 6.45) is 1.54. The number of ketones is 1. The topological polar surface area (TPSA) is 86.5 Å². The molecule has 2 rings (SSSR count). The Morgan fingerprint density at radius 3 is 2.72 bits per heavy atom. The monoisotopic (exact) mass is 249 g/mol. The highest BCUT2D eigenvalue weighted by molar-refractivity contribution is 5.99. The lowest BCUT2D eigenvalue weighted by molar-refractivity contribution is -0.385. The van der Waals surface area contributed by atoms with Gasteiger partial charge in [-0.3, -0.25) is 19.7 Å². The number of nitrogens with zero attached hydrogens (tertiary/aromatic N) is 1. The maximum atomic E-state index is 11.7. The van der Waals surface area contributed by atoms with Crippen LogP contribution in [0.5, 0.6) is 5.75 Å². The van der Waals surface area contributed by atoms with E-state index in [4.69, 9.17) is 4.74 Å². The minimum atomic E-state index is -0.635. The van der Waals surface area contributed by atoms with Crippen molar-refractivity contribution in [3.05, 3.63) is 33.4 Å². The lowest BCUT2D eigenvalue weighted by atomic mass is 9.89. The minimum absolute atomic E-state index is 0.0699. The van der Waals surface area contributed by atoms with E-state index >= 15 is 0 Å². The molecule has 0 bridgehead atoms. The molecule has 0 atom stereocenters. The van der Waals surface area contributed by atoms with Gasteiger partial charge in [0, 0.05) is 30.5 Å². The Morgan fingerprint density at radius 2 is 2.11 bits per heavy atom. The van der Waals surface area contributed by atoms with Crippen molar-refractivity contribution in [2.75, 3.05) is 0 Å². The number of benzene rings is 1. The fourth-order valence-corrected chi connectivity index (χ4v) is 2.09. The van der Waals surface area contributed by atoms with E-state index in [0.717, 1.165) is 0 Å². The average molecular weight is 249 g/mol. The van der Waals surface area contributed by atoms with Crippen LogP contribution in [0, 0.1) is 10.1 Å². The van der Waals surface area contributed by atoms with E-state index < -0.39 is 10.9 Å². The normalized spacial score (nSPS) is 13.9. The molecule has 0 radical (unpaired) electrons. The van der Waals surface area contributed by atoms with Gasteiger partial charge >= 0.3 is 11.7 Å². The van der Waals surface area contributed by atoms with Crippen molar-refractivity contribution in [3.63, 3.8) is 0 Å². The molecule has 18 heavy (non-hydrogen) atoms. The third-order valence-corrected chi connectivity index (χ3v) is 2.81. The molecule has 6 nitrogen and oxygen atoms in total. The number of rotatable bonds is 2. The van der Waals surface area contributed by atoms with E-state index in [-0.39, 0.29) is 17.2 Å². The van der Waals surface area contributed by atoms with Crippen LogP contribution in [0.2, 0.25) is 0 Å². The van der Waals surface area contributed by atoms with Gasteiger partial charge in [-0.2, -0.15) is 0 Å². The average Bonchev–Trinajstić information content (AvgIpc) is 2.29. The second-order valence-corrected chi connectivity index (χ2v) is 4.07. The van der Waals surface area contributed by atoms with Crippen LogP contribution in [0.15, 0.2) is 12.1 Å². The van der Waals surface area contributed by atoms with E-state index in [0.29, 0.717) is 30.4 Å². The molecular weight excluding hydrogens is 238 g/mol. The van der Waals surface area contributed by atoms with Gasteiger partial charge in [0.2, 0.25) is 5.75 Å². The van der Waals surface area contributed by atoms with Crippen LogP contribution >= 0.6 is 0 Å².